The van der Waals surface area contributed by atoms with Crippen LogP contribution in [-0.2, 0) is 9.47 Å². The number of benzene rings is 2. The van der Waals surface area contributed by atoms with Crippen molar-refractivity contribution in [2.75, 3.05) is 10.3 Å². The van der Waals surface area contributed by atoms with Gasteiger partial charge in [0.15, 0.2) is 6.17 Å². The van der Waals surface area contributed by atoms with E-state index >= 15 is 0 Å². The number of carbonyl (C=O) groups is 2. The maximum absolute atomic E-state index is 13.5. The minimum absolute atomic E-state index is 0.0210. The summed E-state index contributed by atoms with van der Waals surface area (Å²) < 4.78 is 16.4. The maximum atomic E-state index is 13.5. The lowest BCUT2D eigenvalue weighted by atomic mass is 10.1. The van der Waals surface area contributed by atoms with Crippen LogP contribution < -0.4 is 16.0 Å². The van der Waals surface area contributed by atoms with Crippen LogP contribution >= 0.6 is 0 Å². The van der Waals surface area contributed by atoms with E-state index < -0.39 is 36.2 Å². The number of fused-ring (bicyclic) bond motifs is 3. The fraction of sp³-hybridized carbons (Fsp3) is 0.280. The van der Waals surface area contributed by atoms with E-state index in [0.717, 1.165) is 10.0 Å². The fourth-order valence-corrected chi connectivity index (χ4v) is 3.74. The number of nitriles is 1. The molecule has 0 saturated heterocycles. The van der Waals surface area contributed by atoms with Crippen molar-refractivity contribution in [3.05, 3.63) is 70.1 Å². The minimum Gasteiger partial charge on any atom is -0.445 e. The molecule has 10 heteroatoms. The molecule has 4 rings (SSSR count). The number of amides is 2. The zero-order chi connectivity index (χ0) is 25.3. The molecule has 1 N–H and O–H groups in total. The summed E-state index contributed by atoms with van der Waals surface area (Å²) in [5.74, 6) is 0. The lowest BCUT2D eigenvalue weighted by Crippen LogP contribution is -2.57. The summed E-state index contributed by atoms with van der Waals surface area (Å²) in [6.45, 7) is 6.71. The Labute approximate surface area is 201 Å². The van der Waals surface area contributed by atoms with Gasteiger partial charge < -0.3 is 19.2 Å². The summed E-state index contributed by atoms with van der Waals surface area (Å²) in [5, 5.41) is 14.7. The highest BCUT2D eigenvalue weighted by molar-refractivity contribution is 6.06. The van der Waals surface area contributed by atoms with Gasteiger partial charge in [-0.1, -0.05) is 24.3 Å². The normalized spacial score (nSPS) is 14.9. The minimum atomic E-state index is -1.05. The van der Waals surface area contributed by atoms with E-state index in [1.54, 1.807) is 76.2 Å². The second kappa shape index (κ2) is 9.38. The summed E-state index contributed by atoms with van der Waals surface area (Å²) in [4.78, 5) is 39.9. The van der Waals surface area contributed by atoms with Gasteiger partial charge in [0.05, 0.1) is 23.8 Å². The first-order valence-electron chi connectivity index (χ1n) is 11.0. The molecule has 0 bridgehead atoms. The van der Waals surface area contributed by atoms with Crippen LogP contribution in [0.15, 0.2) is 57.7 Å². The van der Waals surface area contributed by atoms with E-state index in [1.165, 1.54) is 0 Å². The zero-order valence-corrected chi connectivity index (χ0v) is 19.6. The van der Waals surface area contributed by atoms with Crippen molar-refractivity contribution in [1.29, 1.82) is 5.26 Å². The fourth-order valence-electron chi connectivity index (χ4n) is 3.74. The molecule has 1 atom stereocenters. The molecule has 0 unspecified atom stereocenters. The van der Waals surface area contributed by atoms with Crippen LogP contribution in [0.1, 0.15) is 45.0 Å². The molecule has 35 heavy (non-hydrogen) atoms. The molecule has 0 saturated carbocycles. The van der Waals surface area contributed by atoms with Crippen molar-refractivity contribution in [1.82, 2.24) is 5.01 Å². The molecule has 2 aromatic carbocycles. The number of hydrogen-bond acceptors (Lipinski definition) is 8. The van der Waals surface area contributed by atoms with Crippen LogP contribution in [0.3, 0.4) is 0 Å². The summed E-state index contributed by atoms with van der Waals surface area (Å²) >= 11 is 0. The first kappa shape index (κ1) is 23.6. The van der Waals surface area contributed by atoms with Gasteiger partial charge >= 0.3 is 17.8 Å². The highest BCUT2D eigenvalue weighted by atomic mass is 16.6. The predicted octanol–water partition coefficient (Wildman–Crippen LogP) is 4.90. The number of anilines is 2. The summed E-state index contributed by atoms with van der Waals surface area (Å²) in [5.41, 5.74) is 0.486. The van der Waals surface area contributed by atoms with E-state index in [0.29, 0.717) is 16.5 Å². The molecule has 3 aromatic rings. The smallest absolute Gasteiger partial charge is 0.434 e. The molecule has 1 aliphatic rings. The third-order valence-electron chi connectivity index (χ3n) is 5.13. The van der Waals surface area contributed by atoms with Crippen LogP contribution in [0, 0.1) is 11.3 Å². The molecule has 1 aliphatic heterocycles. The largest absolute Gasteiger partial charge is 0.445 e. The standard InChI is InChI=1S/C25H24N4O6/c1-14(2)33-24(31)28-21-18-7-5-6-8-19(18)35-23(30)20(21)27-22(29(28)25(32)34-15(3)4)17-11-9-16(13-26)10-12-17/h5-12,14-15,22,27H,1-4H3/t22-/m0/s1. The Kier molecular flexibility index (Phi) is 6.34. The number of hydrazine groups is 1. The number of carbonyl (C=O) groups excluding carboxylic acids is 2. The highest BCUT2D eigenvalue weighted by Crippen LogP contribution is 2.42. The van der Waals surface area contributed by atoms with Gasteiger partial charge in [-0.2, -0.15) is 15.3 Å². The van der Waals surface area contributed by atoms with Crippen LogP contribution in [0.4, 0.5) is 21.0 Å². The number of para-hydroxylation sites is 1. The Morgan fingerprint density at radius 1 is 1.00 bits per heavy atom. The number of hydrogen-bond donors (Lipinski definition) is 1. The van der Waals surface area contributed by atoms with E-state index in [9.17, 15) is 19.6 Å². The lowest BCUT2D eigenvalue weighted by molar-refractivity contribution is 0.0509. The highest BCUT2D eigenvalue weighted by Gasteiger charge is 2.44. The van der Waals surface area contributed by atoms with E-state index in [2.05, 4.69) is 5.32 Å². The van der Waals surface area contributed by atoms with Crippen molar-refractivity contribution in [2.24, 2.45) is 0 Å². The van der Waals surface area contributed by atoms with E-state index in [4.69, 9.17) is 13.9 Å². The maximum Gasteiger partial charge on any atom is 0.434 e. The Bertz CT molecular complexity index is 1370. The molecule has 10 nitrogen and oxygen atoms in total. The molecule has 0 spiro atoms. The van der Waals surface area contributed by atoms with Crippen molar-refractivity contribution >= 4 is 34.5 Å². The molecule has 2 amide bonds. The van der Waals surface area contributed by atoms with Crippen molar-refractivity contribution < 1.29 is 23.5 Å². The van der Waals surface area contributed by atoms with E-state index in [-0.39, 0.29) is 17.0 Å². The first-order chi connectivity index (χ1) is 16.7. The Hall–Kier alpha value is -4.52. The molecule has 0 aliphatic carbocycles. The Morgan fingerprint density at radius 2 is 1.63 bits per heavy atom. The zero-order valence-electron chi connectivity index (χ0n) is 19.6. The molecular weight excluding hydrogens is 452 g/mol. The number of nitrogens with one attached hydrogen (secondary N) is 1. The number of nitrogens with zero attached hydrogens (tertiary/aromatic N) is 3. The molecule has 0 radical (unpaired) electrons. The van der Waals surface area contributed by atoms with Gasteiger partial charge in [0.1, 0.15) is 17.0 Å². The number of ether oxygens (including phenoxy) is 2. The van der Waals surface area contributed by atoms with Gasteiger partial charge in [-0.05, 0) is 57.5 Å². The van der Waals surface area contributed by atoms with Crippen LogP contribution in [0.25, 0.3) is 11.0 Å². The van der Waals surface area contributed by atoms with Gasteiger partial charge in [0.25, 0.3) is 0 Å². The molecule has 180 valence electrons. The van der Waals surface area contributed by atoms with E-state index in [1.807, 2.05) is 6.07 Å². The summed E-state index contributed by atoms with van der Waals surface area (Å²) in [7, 11) is 0. The molecule has 0 fully saturated rings. The molecule has 1 aromatic heterocycles. The first-order valence-corrected chi connectivity index (χ1v) is 11.0. The lowest BCUT2D eigenvalue weighted by Gasteiger charge is -2.43. The topological polar surface area (TPSA) is 125 Å². The van der Waals surface area contributed by atoms with Gasteiger partial charge in [0, 0.05) is 5.39 Å². The van der Waals surface area contributed by atoms with Crippen LogP contribution in [0.2, 0.25) is 0 Å². The Morgan fingerprint density at radius 3 is 2.26 bits per heavy atom. The van der Waals surface area contributed by atoms with Crippen molar-refractivity contribution in [3.63, 3.8) is 0 Å². The quantitative estimate of drug-likeness (QED) is 0.529. The predicted molar refractivity (Wildman–Crippen MR) is 128 cm³/mol. The SMILES string of the molecule is CC(C)OC(=O)N1c2c(c(=O)oc3ccccc23)N[C@H](c2ccc(C#N)cc2)N1C(=O)OC(C)C. The van der Waals surface area contributed by atoms with Gasteiger partial charge in [-0.25, -0.2) is 14.4 Å². The van der Waals surface area contributed by atoms with Crippen molar-refractivity contribution in [2.45, 2.75) is 46.1 Å². The average molecular weight is 476 g/mol. The van der Waals surface area contributed by atoms with Crippen LogP contribution in [0.5, 0.6) is 0 Å². The van der Waals surface area contributed by atoms with Crippen LogP contribution in [-0.4, -0.2) is 29.4 Å². The Balaban J connectivity index is 2.00. The third kappa shape index (κ3) is 4.48. The van der Waals surface area contributed by atoms with Gasteiger partial charge in [-0.3, -0.25) is 0 Å². The molecular formula is C25H24N4O6. The summed E-state index contributed by atoms with van der Waals surface area (Å²) in [6, 6.07) is 15.1. The van der Waals surface area contributed by atoms with Gasteiger partial charge in [-0.15, -0.1) is 0 Å². The third-order valence-corrected chi connectivity index (χ3v) is 5.13. The number of rotatable bonds is 3. The van der Waals surface area contributed by atoms with Gasteiger partial charge in [0.2, 0.25) is 0 Å². The average Bonchev–Trinajstić information content (AvgIpc) is 2.82. The van der Waals surface area contributed by atoms with Crippen molar-refractivity contribution in [3.8, 4) is 6.07 Å². The monoisotopic (exact) mass is 476 g/mol. The second-order valence-electron chi connectivity index (χ2n) is 8.41. The summed E-state index contributed by atoms with van der Waals surface area (Å²) in [6.07, 6.45) is -3.77. The molecule has 2 heterocycles. The second-order valence-corrected chi connectivity index (χ2v) is 8.41.